The molecule has 1 N–H and O–H groups in total. The molecular weight excluding hydrogens is 250 g/mol. The fraction of sp³-hybridized carbons (Fsp3) is 0.727. The third-order valence-corrected chi connectivity index (χ3v) is 3.09. The Morgan fingerprint density at radius 1 is 1.53 bits per heavy atom. The van der Waals surface area contributed by atoms with Crippen LogP contribution in [0.25, 0.3) is 0 Å². The first-order valence-corrected chi connectivity index (χ1v) is 6.37. The highest BCUT2D eigenvalue weighted by atomic mass is 16.5. The van der Waals surface area contributed by atoms with E-state index in [4.69, 9.17) is 4.74 Å². The number of nitrogens with zero attached hydrogens (tertiary/aromatic N) is 4. The number of esters is 1. The molecule has 19 heavy (non-hydrogen) atoms. The highest BCUT2D eigenvalue weighted by Gasteiger charge is 2.29. The van der Waals surface area contributed by atoms with Crippen molar-refractivity contribution in [2.45, 2.75) is 26.2 Å². The Labute approximate surface area is 110 Å². The van der Waals surface area contributed by atoms with Crippen molar-refractivity contribution in [3.05, 3.63) is 5.82 Å². The topological polar surface area (TPSA) is 101 Å². The summed E-state index contributed by atoms with van der Waals surface area (Å²) in [5.41, 5.74) is 0. The van der Waals surface area contributed by atoms with Gasteiger partial charge in [0.05, 0.1) is 18.9 Å². The lowest BCUT2D eigenvalue weighted by atomic mass is 9.98. The van der Waals surface area contributed by atoms with Crippen LogP contribution in [0.3, 0.4) is 0 Å². The largest absolute Gasteiger partial charge is 0.466 e. The molecule has 0 spiro atoms. The maximum Gasteiger partial charge on any atom is 0.310 e. The molecule has 2 heterocycles. The van der Waals surface area contributed by atoms with Crippen molar-refractivity contribution >= 4 is 11.9 Å². The molecule has 1 atom stereocenters. The summed E-state index contributed by atoms with van der Waals surface area (Å²) in [5, 5.41) is 13.2. The summed E-state index contributed by atoms with van der Waals surface area (Å²) in [7, 11) is 0. The molecule has 1 aliphatic heterocycles. The van der Waals surface area contributed by atoms with E-state index in [0.29, 0.717) is 25.5 Å². The number of carbonyl (C=O) groups is 2. The fourth-order valence-electron chi connectivity index (χ4n) is 2.16. The number of carbonyl (C=O) groups excluding carboxylic acids is 2. The van der Waals surface area contributed by atoms with Gasteiger partial charge in [0, 0.05) is 13.1 Å². The monoisotopic (exact) mass is 267 g/mol. The molecule has 0 saturated carbocycles. The van der Waals surface area contributed by atoms with E-state index in [0.717, 1.165) is 12.8 Å². The van der Waals surface area contributed by atoms with Gasteiger partial charge in [-0.05, 0) is 19.8 Å². The van der Waals surface area contributed by atoms with Crippen molar-refractivity contribution in [2.75, 3.05) is 19.7 Å². The second-order valence-electron chi connectivity index (χ2n) is 4.44. The predicted molar refractivity (Wildman–Crippen MR) is 63.8 cm³/mol. The minimum atomic E-state index is -0.223. The van der Waals surface area contributed by atoms with Gasteiger partial charge in [-0.25, -0.2) is 0 Å². The van der Waals surface area contributed by atoms with Crippen LogP contribution in [0.4, 0.5) is 0 Å². The van der Waals surface area contributed by atoms with Crippen molar-refractivity contribution in [3.63, 3.8) is 0 Å². The van der Waals surface area contributed by atoms with Gasteiger partial charge in [0.1, 0.15) is 0 Å². The molecule has 1 aliphatic rings. The molecule has 8 nitrogen and oxygen atoms in total. The van der Waals surface area contributed by atoms with Crippen LogP contribution in [-0.2, 0) is 20.7 Å². The zero-order valence-electron chi connectivity index (χ0n) is 10.8. The first-order chi connectivity index (χ1) is 9.20. The Bertz CT molecular complexity index is 434. The minimum Gasteiger partial charge on any atom is -0.466 e. The fourth-order valence-corrected chi connectivity index (χ4v) is 2.16. The van der Waals surface area contributed by atoms with Gasteiger partial charge in [-0.3, -0.25) is 9.59 Å². The second kappa shape index (κ2) is 6.26. The summed E-state index contributed by atoms with van der Waals surface area (Å²) < 4.78 is 5.00. The normalized spacial score (nSPS) is 19.2. The van der Waals surface area contributed by atoms with Crippen LogP contribution < -0.4 is 0 Å². The van der Waals surface area contributed by atoms with Gasteiger partial charge in [-0.1, -0.05) is 5.21 Å². The van der Waals surface area contributed by atoms with Crippen LogP contribution in [0.5, 0.6) is 0 Å². The number of tetrazole rings is 1. The first-order valence-electron chi connectivity index (χ1n) is 6.37. The van der Waals surface area contributed by atoms with Crippen LogP contribution in [0.1, 0.15) is 25.6 Å². The lowest BCUT2D eigenvalue weighted by Crippen LogP contribution is -2.43. The molecule has 1 fully saturated rings. The zero-order chi connectivity index (χ0) is 13.7. The smallest absolute Gasteiger partial charge is 0.310 e. The van der Waals surface area contributed by atoms with E-state index in [9.17, 15) is 9.59 Å². The number of aromatic amines is 1. The second-order valence-corrected chi connectivity index (χ2v) is 4.44. The van der Waals surface area contributed by atoms with Crippen LogP contribution in [-0.4, -0.2) is 57.1 Å². The molecule has 0 aliphatic carbocycles. The van der Waals surface area contributed by atoms with E-state index in [2.05, 4.69) is 20.6 Å². The standard InChI is InChI=1S/C11H17N5O3/c1-2-19-11(18)8-4-3-5-16(7-8)10(17)6-9-12-14-15-13-9/h8H,2-7H2,1H3,(H,12,13,14,15). The predicted octanol–water partition coefficient (Wildman–Crippen LogP) is -0.456. The number of rotatable bonds is 4. The number of amides is 1. The van der Waals surface area contributed by atoms with E-state index in [1.54, 1.807) is 11.8 Å². The molecule has 0 aromatic carbocycles. The van der Waals surface area contributed by atoms with Crippen molar-refractivity contribution in [1.29, 1.82) is 0 Å². The summed E-state index contributed by atoms with van der Waals surface area (Å²) in [4.78, 5) is 25.4. The van der Waals surface area contributed by atoms with E-state index in [1.807, 2.05) is 0 Å². The van der Waals surface area contributed by atoms with Crippen molar-refractivity contribution < 1.29 is 14.3 Å². The lowest BCUT2D eigenvalue weighted by molar-refractivity contribution is -0.151. The van der Waals surface area contributed by atoms with Gasteiger partial charge >= 0.3 is 5.97 Å². The minimum absolute atomic E-state index is 0.0876. The Hall–Kier alpha value is -1.99. The summed E-state index contributed by atoms with van der Waals surface area (Å²) in [6.45, 7) is 3.22. The Balaban J connectivity index is 1.89. The molecule has 2 rings (SSSR count). The molecule has 1 unspecified atom stereocenters. The average Bonchev–Trinajstić information content (AvgIpc) is 2.92. The third-order valence-electron chi connectivity index (χ3n) is 3.09. The number of H-pyrrole nitrogens is 1. The molecule has 1 aromatic rings. The van der Waals surface area contributed by atoms with Crippen molar-refractivity contribution in [3.8, 4) is 0 Å². The van der Waals surface area contributed by atoms with E-state index in [1.165, 1.54) is 0 Å². The third kappa shape index (κ3) is 3.49. The van der Waals surface area contributed by atoms with Crippen molar-refractivity contribution in [1.82, 2.24) is 25.5 Å². The highest BCUT2D eigenvalue weighted by Crippen LogP contribution is 2.18. The van der Waals surface area contributed by atoms with E-state index in [-0.39, 0.29) is 24.2 Å². The van der Waals surface area contributed by atoms with Gasteiger partial charge in [-0.15, -0.1) is 10.2 Å². The molecule has 8 heteroatoms. The number of likely N-dealkylation sites (tertiary alicyclic amines) is 1. The van der Waals surface area contributed by atoms with Gasteiger partial charge in [0.15, 0.2) is 5.82 Å². The number of hydrogen-bond donors (Lipinski definition) is 1. The SMILES string of the molecule is CCOC(=O)C1CCCN(C(=O)Cc2nn[nH]n2)C1. The molecule has 1 aromatic heterocycles. The Morgan fingerprint density at radius 3 is 3.05 bits per heavy atom. The van der Waals surface area contributed by atoms with Gasteiger partial charge in [0.25, 0.3) is 0 Å². The average molecular weight is 267 g/mol. The number of ether oxygens (including phenoxy) is 1. The Kier molecular flexibility index (Phi) is 4.43. The van der Waals surface area contributed by atoms with Crippen molar-refractivity contribution in [2.24, 2.45) is 5.92 Å². The van der Waals surface area contributed by atoms with Gasteiger partial charge < -0.3 is 9.64 Å². The van der Waals surface area contributed by atoms with E-state index >= 15 is 0 Å². The van der Waals surface area contributed by atoms with Crippen LogP contribution in [0.15, 0.2) is 0 Å². The van der Waals surface area contributed by atoms with Gasteiger partial charge in [-0.2, -0.15) is 5.21 Å². The quantitative estimate of drug-likeness (QED) is 0.741. The number of nitrogens with one attached hydrogen (secondary N) is 1. The number of piperidine rings is 1. The maximum atomic E-state index is 12.0. The highest BCUT2D eigenvalue weighted by molar-refractivity contribution is 5.79. The molecule has 1 saturated heterocycles. The Morgan fingerprint density at radius 2 is 2.37 bits per heavy atom. The number of hydrogen-bond acceptors (Lipinski definition) is 6. The van der Waals surface area contributed by atoms with Crippen LogP contribution >= 0.6 is 0 Å². The molecular formula is C11H17N5O3. The van der Waals surface area contributed by atoms with Crippen LogP contribution in [0, 0.1) is 5.92 Å². The summed E-state index contributed by atoms with van der Waals surface area (Å²) in [6, 6.07) is 0. The van der Waals surface area contributed by atoms with Crippen LogP contribution in [0.2, 0.25) is 0 Å². The number of aromatic nitrogens is 4. The summed E-state index contributed by atoms with van der Waals surface area (Å²) in [5.74, 6) is -0.166. The summed E-state index contributed by atoms with van der Waals surface area (Å²) in [6.07, 6.45) is 1.68. The lowest BCUT2D eigenvalue weighted by Gasteiger charge is -2.31. The van der Waals surface area contributed by atoms with Gasteiger partial charge in [0.2, 0.25) is 5.91 Å². The molecule has 0 bridgehead atoms. The van der Waals surface area contributed by atoms with E-state index < -0.39 is 0 Å². The maximum absolute atomic E-state index is 12.0. The molecule has 0 radical (unpaired) electrons. The molecule has 1 amide bonds. The molecule has 104 valence electrons. The zero-order valence-corrected chi connectivity index (χ0v) is 10.8. The summed E-state index contributed by atoms with van der Waals surface area (Å²) >= 11 is 0. The first kappa shape index (κ1) is 13.4.